The number of rotatable bonds is 8. The third-order valence-electron chi connectivity index (χ3n) is 3.72. The van der Waals surface area contributed by atoms with Gasteiger partial charge in [-0.15, -0.1) is 0 Å². The smallest absolute Gasteiger partial charge is 0.238 e. The molecule has 0 heterocycles. The lowest BCUT2D eigenvalue weighted by molar-refractivity contribution is -0.221. The van der Waals surface area contributed by atoms with E-state index in [4.69, 9.17) is 9.46 Å². The van der Waals surface area contributed by atoms with Crippen molar-refractivity contribution in [1.82, 2.24) is 4.72 Å². The molecule has 1 amide bonds. The van der Waals surface area contributed by atoms with Crippen LogP contribution in [0.3, 0.4) is 0 Å². The lowest BCUT2D eigenvalue weighted by Gasteiger charge is -2.34. The third-order valence-corrected chi connectivity index (χ3v) is 9.39. The summed E-state index contributed by atoms with van der Waals surface area (Å²) in [7, 11) is -3.22. The predicted octanol–water partition coefficient (Wildman–Crippen LogP) is 3.69. The van der Waals surface area contributed by atoms with Gasteiger partial charge < -0.3 is 0 Å². The highest BCUT2D eigenvalue weighted by Crippen LogP contribution is 2.36. The van der Waals surface area contributed by atoms with Crippen molar-refractivity contribution in [2.24, 2.45) is 0 Å². The average molecular weight is 352 g/mol. The van der Waals surface area contributed by atoms with E-state index in [0.29, 0.717) is 19.4 Å². The van der Waals surface area contributed by atoms with Gasteiger partial charge in [0.1, 0.15) is 11.0 Å². The van der Waals surface area contributed by atoms with E-state index in [1.807, 2.05) is 20.8 Å². The van der Waals surface area contributed by atoms with Gasteiger partial charge in [-0.1, -0.05) is 20.8 Å². The molecule has 5 nitrogen and oxygen atoms in total. The maximum absolute atomic E-state index is 11.8. The third kappa shape index (κ3) is 8.41. The Kier molecular flexibility index (Phi) is 8.47. The maximum Gasteiger partial charge on any atom is 0.238 e. The summed E-state index contributed by atoms with van der Waals surface area (Å²) < 4.78 is 19.4. The second-order valence-electron chi connectivity index (χ2n) is 8.03. The molecule has 0 rings (SSSR count). The van der Waals surface area contributed by atoms with Crippen LogP contribution >= 0.6 is 0 Å². The van der Waals surface area contributed by atoms with Crippen LogP contribution < -0.4 is 4.72 Å². The van der Waals surface area contributed by atoms with Crippen molar-refractivity contribution < 1.29 is 18.5 Å². The molecule has 0 bridgehead atoms. The summed E-state index contributed by atoms with van der Waals surface area (Å²) in [6, 6.07) is 0. The van der Waals surface area contributed by atoms with Gasteiger partial charge in [0.15, 0.2) is 0 Å². The summed E-state index contributed by atoms with van der Waals surface area (Å²) in [5.74, 6) is -0.182. The molecule has 0 fully saturated rings. The zero-order chi connectivity index (χ0) is 17.6. The minimum absolute atomic E-state index is 0.115. The quantitative estimate of drug-likeness (QED) is 0.313. The summed E-state index contributed by atoms with van der Waals surface area (Å²) in [6.45, 7) is 16.7. The highest BCUT2D eigenvalue weighted by Gasteiger charge is 2.38. The molecule has 0 aromatic rings. The first-order valence-corrected chi connectivity index (χ1v) is 11.9. The molecule has 1 unspecified atom stereocenters. The summed E-state index contributed by atoms with van der Waals surface area (Å²) in [5, 5.41) is 0.115. The molecule has 1 atom stereocenters. The Bertz CT molecular complexity index is 386. The highest BCUT2D eigenvalue weighted by atomic mass is 32.2. The fourth-order valence-electron chi connectivity index (χ4n) is 1.07. The topological polar surface area (TPSA) is 64.6 Å². The minimum atomic E-state index is -1.87. The minimum Gasteiger partial charge on any atom is -0.286 e. The molecule has 132 valence electrons. The largest absolute Gasteiger partial charge is 0.286 e. The number of nitrogens with one attached hydrogen (secondary N) is 1. The summed E-state index contributed by atoms with van der Waals surface area (Å²) in [6.07, 6.45) is 1.78. The molecule has 0 aromatic carbocycles. The molecule has 0 aliphatic carbocycles. The van der Waals surface area contributed by atoms with Gasteiger partial charge in [-0.2, -0.15) is 0 Å². The molecule has 0 aromatic heterocycles. The molecule has 0 aliphatic rings. The number of unbranched alkanes of at least 4 members (excludes halogenated alkanes) is 1. The van der Waals surface area contributed by atoms with Crippen molar-refractivity contribution in [2.75, 3.05) is 6.61 Å². The van der Waals surface area contributed by atoms with Crippen molar-refractivity contribution in [3.63, 3.8) is 0 Å². The van der Waals surface area contributed by atoms with Crippen LogP contribution in [0, 0.1) is 0 Å². The lowest BCUT2D eigenvalue weighted by Crippen LogP contribution is -2.40. The first-order chi connectivity index (χ1) is 9.77. The van der Waals surface area contributed by atoms with Gasteiger partial charge in [0.05, 0.1) is 11.4 Å². The van der Waals surface area contributed by atoms with Gasteiger partial charge in [-0.25, -0.2) is 9.10 Å². The van der Waals surface area contributed by atoms with E-state index in [1.54, 1.807) is 0 Å². The van der Waals surface area contributed by atoms with E-state index in [2.05, 4.69) is 38.6 Å². The van der Waals surface area contributed by atoms with Gasteiger partial charge in [-0.05, 0) is 51.7 Å². The second-order valence-corrected chi connectivity index (χ2v) is 14.7. The molecular formula is C15H33NO4SSi. The number of amides is 1. The molecule has 22 heavy (non-hydrogen) atoms. The first-order valence-electron chi connectivity index (χ1n) is 7.79. The van der Waals surface area contributed by atoms with E-state index in [-0.39, 0.29) is 10.9 Å². The molecular weight excluding hydrogens is 318 g/mol. The summed E-state index contributed by atoms with van der Waals surface area (Å²) >= 11 is 0. The summed E-state index contributed by atoms with van der Waals surface area (Å²) in [4.78, 5) is 17.0. The van der Waals surface area contributed by atoms with Crippen molar-refractivity contribution in [3.8, 4) is 0 Å². The average Bonchev–Trinajstić information content (AvgIpc) is 2.30. The van der Waals surface area contributed by atoms with Crippen LogP contribution in [0.15, 0.2) is 0 Å². The Morgan fingerprint density at radius 3 is 2.09 bits per heavy atom. The SMILES string of the molecule is CC(C)(C)S(=O)NC(=O)CCCCOO[Si](C)(C)C(C)(C)C. The molecule has 0 saturated carbocycles. The number of carbonyl (C=O) groups is 1. The normalized spacial score (nSPS) is 14.7. The van der Waals surface area contributed by atoms with Crippen LogP contribution in [0.2, 0.25) is 18.1 Å². The van der Waals surface area contributed by atoms with Gasteiger partial charge in [-0.3, -0.25) is 14.1 Å². The fourth-order valence-corrected chi connectivity index (χ4v) is 2.31. The predicted molar refractivity (Wildman–Crippen MR) is 94.1 cm³/mol. The Labute approximate surface area is 139 Å². The van der Waals surface area contributed by atoms with Gasteiger partial charge in [0.25, 0.3) is 0 Å². The van der Waals surface area contributed by atoms with Crippen LogP contribution in [0.25, 0.3) is 0 Å². The molecule has 0 saturated heterocycles. The van der Waals surface area contributed by atoms with Crippen LogP contribution in [-0.4, -0.2) is 29.8 Å². The van der Waals surface area contributed by atoms with Crippen LogP contribution in [0.5, 0.6) is 0 Å². The van der Waals surface area contributed by atoms with Gasteiger partial charge in [0, 0.05) is 6.42 Å². The Morgan fingerprint density at radius 2 is 1.64 bits per heavy atom. The zero-order valence-electron chi connectivity index (χ0n) is 15.4. The Morgan fingerprint density at radius 1 is 1.09 bits per heavy atom. The number of hydrogen-bond acceptors (Lipinski definition) is 4. The van der Waals surface area contributed by atoms with E-state index < -0.39 is 24.1 Å². The van der Waals surface area contributed by atoms with Crippen LogP contribution in [0.1, 0.15) is 60.8 Å². The standard InChI is InChI=1S/C15H33NO4SSi/c1-14(2,3)21(18)16-13(17)11-9-10-12-19-20-22(7,8)15(4,5)6/h9-12H2,1-8H3,(H,16,17). The van der Waals surface area contributed by atoms with Gasteiger partial charge >= 0.3 is 0 Å². The number of hydrogen-bond donors (Lipinski definition) is 1. The van der Waals surface area contributed by atoms with Crippen molar-refractivity contribution in [1.29, 1.82) is 0 Å². The molecule has 0 aliphatic heterocycles. The van der Waals surface area contributed by atoms with Crippen LogP contribution in [0.4, 0.5) is 0 Å². The Balaban J connectivity index is 3.83. The zero-order valence-corrected chi connectivity index (χ0v) is 17.2. The van der Waals surface area contributed by atoms with Gasteiger partial charge in [0.2, 0.25) is 14.2 Å². The van der Waals surface area contributed by atoms with E-state index in [9.17, 15) is 9.00 Å². The molecule has 7 heteroatoms. The van der Waals surface area contributed by atoms with Crippen molar-refractivity contribution in [3.05, 3.63) is 0 Å². The van der Waals surface area contributed by atoms with Crippen molar-refractivity contribution >= 4 is 25.2 Å². The molecule has 0 radical (unpaired) electrons. The van der Waals surface area contributed by atoms with Crippen molar-refractivity contribution in [2.45, 2.75) is 83.7 Å². The molecule has 0 spiro atoms. The maximum atomic E-state index is 11.8. The number of carbonyl (C=O) groups excluding carboxylic acids is 1. The monoisotopic (exact) mass is 351 g/mol. The summed E-state index contributed by atoms with van der Waals surface area (Å²) in [5.41, 5.74) is 0. The second kappa shape index (κ2) is 8.56. The first kappa shape index (κ1) is 21.8. The molecule has 1 N–H and O–H groups in total. The van der Waals surface area contributed by atoms with E-state index in [1.165, 1.54) is 0 Å². The highest BCUT2D eigenvalue weighted by molar-refractivity contribution is 7.85. The lowest BCUT2D eigenvalue weighted by atomic mass is 10.2. The van der Waals surface area contributed by atoms with Crippen LogP contribution in [-0.2, 0) is 25.2 Å². The van der Waals surface area contributed by atoms with E-state index in [0.717, 1.165) is 6.42 Å². The Hall–Kier alpha value is -0.243. The van der Waals surface area contributed by atoms with E-state index >= 15 is 0 Å². The fraction of sp³-hybridized carbons (Fsp3) is 0.933.